The Morgan fingerprint density at radius 1 is 1.59 bits per heavy atom. The zero-order chi connectivity index (χ0) is 13.1. The first-order chi connectivity index (χ1) is 7.86. The van der Waals surface area contributed by atoms with Crippen molar-refractivity contribution >= 4 is 37.3 Å². The fourth-order valence-corrected chi connectivity index (χ4v) is 4.48. The van der Waals surface area contributed by atoms with Crippen LogP contribution in [0.15, 0.2) is 8.13 Å². The lowest BCUT2D eigenvalue weighted by Gasteiger charge is -2.11. The highest BCUT2D eigenvalue weighted by atomic mass is 79.9. The van der Waals surface area contributed by atoms with Gasteiger partial charge in [-0.1, -0.05) is 11.3 Å². The van der Waals surface area contributed by atoms with Gasteiger partial charge in [0.05, 0.1) is 9.48 Å². The molecule has 0 bridgehead atoms. The van der Waals surface area contributed by atoms with Crippen LogP contribution in [0.25, 0.3) is 0 Å². The molecule has 1 aromatic heterocycles. The van der Waals surface area contributed by atoms with E-state index in [-0.39, 0.29) is 17.0 Å². The molecular weight excluding hydrogens is 328 g/mol. The van der Waals surface area contributed by atoms with Gasteiger partial charge >= 0.3 is 0 Å². The van der Waals surface area contributed by atoms with Crippen LogP contribution in [0.5, 0.6) is 0 Å². The van der Waals surface area contributed by atoms with Crippen LogP contribution in [0, 0.1) is 6.92 Å². The predicted octanol–water partition coefficient (Wildman–Crippen LogP) is 1.65. The number of nitrogens with one attached hydrogen (secondary N) is 1. The Balaban J connectivity index is 2.75. The number of aliphatic hydroxyl groups is 1. The number of aliphatic hydroxyl groups excluding tert-OH is 1. The van der Waals surface area contributed by atoms with E-state index in [0.717, 1.165) is 15.1 Å². The first-order valence-corrected chi connectivity index (χ1v) is 8.22. The summed E-state index contributed by atoms with van der Waals surface area (Å²) in [4.78, 5) is 3.99. The van der Waals surface area contributed by atoms with Crippen molar-refractivity contribution in [2.24, 2.45) is 0 Å². The van der Waals surface area contributed by atoms with Crippen LogP contribution in [-0.2, 0) is 10.0 Å². The lowest BCUT2D eigenvalue weighted by molar-refractivity contribution is 0.279. The third-order valence-electron chi connectivity index (χ3n) is 2.10. The molecule has 0 aromatic carbocycles. The Labute approximate surface area is 113 Å². The number of hydrogen-bond donors (Lipinski definition) is 2. The van der Waals surface area contributed by atoms with Gasteiger partial charge in [-0.2, -0.15) is 0 Å². The van der Waals surface area contributed by atoms with Crippen molar-refractivity contribution in [2.45, 2.75) is 37.1 Å². The molecule has 0 saturated carbocycles. The summed E-state index contributed by atoms with van der Waals surface area (Å²) < 4.78 is 27.2. The van der Waals surface area contributed by atoms with Crippen molar-refractivity contribution in [2.75, 3.05) is 6.61 Å². The Kier molecular flexibility index (Phi) is 5.52. The third-order valence-corrected chi connectivity index (χ3v) is 6.07. The number of nitrogens with zero attached hydrogens (tertiary/aromatic N) is 1. The number of rotatable bonds is 6. The van der Waals surface area contributed by atoms with Crippen LogP contribution >= 0.6 is 27.3 Å². The third kappa shape index (κ3) is 4.29. The highest BCUT2D eigenvalue weighted by molar-refractivity contribution is 9.11. The highest BCUT2D eigenvalue weighted by Crippen LogP contribution is 2.27. The number of aromatic nitrogens is 1. The van der Waals surface area contributed by atoms with Crippen molar-refractivity contribution in [1.82, 2.24) is 9.71 Å². The lowest BCUT2D eigenvalue weighted by Crippen LogP contribution is -2.32. The summed E-state index contributed by atoms with van der Waals surface area (Å²) in [6.07, 6.45) is 1.17. The minimum Gasteiger partial charge on any atom is -0.396 e. The summed E-state index contributed by atoms with van der Waals surface area (Å²) in [5.41, 5.74) is 0.665. The summed E-state index contributed by atoms with van der Waals surface area (Å²) in [6.45, 7) is 3.57. The largest absolute Gasteiger partial charge is 0.396 e. The summed E-state index contributed by atoms with van der Waals surface area (Å²) >= 11 is 4.34. The SMILES string of the molecule is Cc1nc(S(=O)(=O)NC(C)CCCO)sc1Br. The van der Waals surface area contributed by atoms with Crippen molar-refractivity contribution < 1.29 is 13.5 Å². The molecule has 0 saturated heterocycles. The Morgan fingerprint density at radius 2 is 2.24 bits per heavy atom. The number of aryl methyl sites for hydroxylation is 1. The molecule has 1 atom stereocenters. The summed E-state index contributed by atoms with van der Waals surface area (Å²) in [5.74, 6) is 0. The van der Waals surface area contributed by atoms with E-state index in [1.165, 1.54) is 0 Å². The molecule has 1 unspecified atom stereocenters. The fraction of sp³-hybridized carbons (Fsp3) is 0.667. The van der Waals surface area contributed by atoms with Crippen molar-refractivity contribution in [3.05, 3.63) is 9.48 Å². The smallest absolute Gasteiger partial charge is 0.268 e. The maximum absolute atomic E-state index is 11.9. The molecule has 8 heteroatoms. The van der Waals surface area contributed by atoms with Gasteiger partial charge in [-0.3, -0.25) is 0 Å². The van der Waals surface area contributed by atoms with Gasteiger partial charge in [0.25, 0.3) is 10.0 Å². The van der Waals surface area contributed by atoms with E-state index in [2.05, 4.69) is 25.6 Å². The molecule has 0 fully saturated rings. The van der Waals surface area contributed by atoms with Gasteiger partial charge < -0.3 is 5.11 Å². The maximum Gasteiger partial charge on any atom is 0.268 e. The first-order valence-electron chi connectivity index (χ1n) is 5.13. The number of hydrogen-bond acceptors (Lipinski definition) is 5. The van der Waals surface area contributed by atoms with Crippen LogP contribution in [0.1, 0.15) is 25.5 Å². The van der Waals surface area contributed by atoms with Gasteiger partial charge in [0.2, 0.25) is 4.34 Å². The molecule has 17 heavy (non-hydrogen) atoms. The standard InChI is InChI=1S/C9H15BrN2O3S2/c1-6(4-3-5-13)12-17(14,15)9-11-7(2)8(10)16-9/h6,12-13H,3-5H2,1-2H3. The average Bonchev–Trinajstić information content (AvgIpc) is 2.56. The zero-order valence-electron chi connectivity index (χ0n) is 9.60. The second-order valence-electron chi connectivity index (χ2n) is 3.73. The van der Waals surface area contributed by atoms with Gasteiger partial charge in [0.15, 0.2) is 0 Å². The topological polar surface area (TPSA) is 79.3 Å². The molecule has 0 aliphatic carbocycles. The lowest BCUT2D eigenvalue weighted by atomic mass is 10.2. The minimum absolute atomic E-state index is 0.0635. The van der Waals surface area contributed by atoms with Crippen molar-refractivity contribution in [3.8, 4) is 0 Å². The molecule has 0 radical (unpaired) electrons. The molecule has 0 aliphatic heterocycles. The van der Waals surface area contributed by atoms with Gasteiger partial charge in [-0.25, -0.2) is 18.1 Å². The van der Waals surface area contributed by atoms with E-state index < -0.39 is 10.0 Å². The summed E-state index contributed by atoms with van der Waals surface area (Å²) in [5, 5.41) is 8.68. The van der Waals surface area contributed by atoms with E-state index in [9.17, 15) is 8.42 Å². The highest BCUT2D eigenvalue weighted by Gasteiger charge is 2.22. The number of halogens is 1. The van der Waals surface area contributed by atoms with E-state index in [1.54, 1.807) is 13.8 Å². The van der Waals surface area contributed by atoms with Crippen LogP contribution in [0.2, 0.25) is 0 Å². The maximum atomic E-state index is 11.9. The molecule has 0 amide bonds. The molecule has 98 valence electrons. The molecule has 1 aromatic rings. The first kappa shape index (κ1) is 15.0. The molecule has 0 aliphatic rings. The van der Waals surface area contributed by atoms with Gasteiger partial charge in [0, 0.05) is 12.6 Å². The van der Waals surface area contributed by atoms with Gasteiger partial charge in [-0.05, 0) is 42.6 Å². The molecule has 1 heterocycles. The molecular formula is C9H15BrN2O3S2. The Hall–Kier alpha value is -0.0200. The quantitative estimate of drug-likeness (QED) is 0.823. The fourth-order valence-electron chi connectivity index (χ4n) is 1.24. The number of sulfonamides is 1. The zero-order valence-corrected chi connectivity index (χ0v) is 12.8. The van der Waals surface area contributed by atoms with Gasteiger partial charge in [-0.15, -0.1) is 0 Å². The Morgan fingerprint density at radius 3 is 2.71 bits per heavy atom. The monoisotopic (exact) mass is 342 g/mol. The number of thiazole rings is 1. The van der Waals surface area contributed by atoms with E-state index in [0.29, 0.717) is 18.5 Å². The molecule has 1 rings (SSSR count). The normalized spacial score (nSPS) is 13.9. The van der Waals surface area contributed by atoms with Crippen LogP contribution in [-0.4, -0.2) is 31.2 Å². The van der Waals surface area contributed by atoms with Crippen LogP contribution in [0.3, 0.4) is 0 Å². The minimum atomic E-state index is -3.55. The van der Waals surface area contributed by atoms with Crippen molar-refractivity contribution in [1.29, 1.82) is 0 Å². The molecule has 2 N–H and O–H groups in total. The predicted molar refractivity (Wildman–Crippen MR) is 70.7 cm³/mol. The van der Waals surface area contributed by atoms with Crippen LogP contribution in [0.4, 0.5) is 0 Å². The summed E-state index contributed by atoms with van der Waals surface area (Å²) in [7, 11) is -3.55. The summed E-state index contributed by atoms with van der Waals surface area (Å²) in [6, 6.07) is -0.213. The average molecular weight is 343 g/mol. The second-order valence-corrected chi connectivity index (χ2v) is 7.93. The molecule has 0 spiro atoms. The van der Waals surface area contributed by atoms with E-state index >= 15 is 0 Å². The van der Waals surface area contributed by atoms with Crippen LogP contribution < -0.4 is 4.72 Å². The molecule has 5 nitrogen and oxygen atoms in total. The van der Waals surface area contributed by atoms with Crippen molar-refractivity contribution in [3.63, 3.8) is 0 Å². The van der Waals surface area contributed by atoms with E-state index in [4.69, 9.17) is 5.11 Å². The van der Waals surface area contributed by atoms with Gasteiger partial charge in [0.1, 0.15) is 0 Å². The Bertz CT molecular complexity index is 453. The van der Waals surface area contributed by atoms with E-state index in [1.807, 2.05) is 0 Å². The second kappa shape index (κ2) is 6.24.